The summed E-state index contributed by atoms with van der Waals surface area (Å²) < 4.78 is 5.33. The molecule has 2 aromatic carbocycles. The molecule has 16 heavy (non-hydrogen) atoms. The number of benzene rings is 2. The SMILES string of the molecule is COc1cccc2ccc(C(C)CO)cc12. The first-order chi connectivity index (χ1) is 7.76. The van der Waals surface area contributed by atoms with Gasteiger partial charge in [-0.15, -0.1) is 0 Å². The van der Waals surface area contributed by atoms with Gasteiger partial charge in [-0.1, -0.05) is 31.2 Å². The zero-order valence-corrected chi connectivity index (χ0v) is 9.60. The van der Waals surface area contributed by atoms with Gasteiger partial charge in [0.2, 0.25) is 0 Å². The minimum absolute atomic E-state index is 0.161. The molecule has 0 aliphatic heterocycles. The monoisotopic (exact) mass is 216 g/mol. The Bertz CT molecular complexity index is 491. The highest BCUT2D eigenvalue weighted by molar-refractivity contribution is 5.89. The third kappa shape index (κ3) is 1.89. The van der Waals surface area contributed by atoms with Crippen LogP contribution in [0.3, 0.4) is 0 Å². The molecule has 0 spiro atoms. The summed E-state index contributed by atoms with van der Waals surface area (Å²) >= 11 is 0. The average molecular weight is 216 g/mol. The molecule has 0 saturated carbocycles. The van der Waals surface area contributed by atoms with Crippen molar-refractivity contribution < 1.29 is 9.84 Å². The van der Waals surface area contributed by atoms with Gasteiger partial charge in [0.15, 0.2) is 0 Å². The van der Waals surface area contributed by atoms with Crippen LogP contribution in [-0.2, 0) is 0 Å². The summed E-state index contributed by atoms with van der Waals surface area (Å²) in [6.07, 6.45) is 0. The van der Waals surface area contributed by atoms with Gasteiger partial charge < -0.3 is 9.84 Å². The number of aliphatic hydroxyl groups excluding tert-OH is 1. The van der Waals surface area contributed by atoms with Crippen molar-refractivity contribution in [1.82, 2.24) is 0 Å². The highest BCUT2D eigenvalue weighted by Gasteiger charge is 2.06. The molecule has 84 valence electrons. The van der Waals surface area contributed by atoms with Gasteiger partial charge >= 0.3 is 0 Å². The first kappa shape index (κ1) is 11.0. The maximum absolute atomic E-state index is 9.16. The second kappa shape index (κ2) is 4.54. The summed E-state index contributed by atoms with van der Waals surface area (Å²) in [6.45, 7) is 2.18. The minimum Gasteiger partial charge on any atom is -0.496 e. The molecule has 1 unspecified atom stereocenters. The molecule has 0 aliphatic rings. The number of aliphatic hydroxyl groups is 1. The van der Waals surface area contributed by atoms with Crippen LogP contribution in [0.25, 0.3) is 10.8 Å². The number of ether oxygens (including phenoxy) is 1. The molecule has 2 rings (SSSR count). The smallest absolute Gasteiger partial charge is 0.126 e. The van der Waals surface area contributed by atoms with Crippen molar-refractivity contribution in [2.75, 3.05) is 13.7 Å². The van der Waals surface area contributed by atoms with Gasteiger partial charge in [0, 0.05) is 17.9 Å². The maximum Gasteiger partial charge on any atom is 0.126 e. The number of rotatable bonds is 3. The second-order valence-electron chi connectivity index (χ2n) is 4.02. The molecule has 0 fully saturated rings. The van der Waals surface area contributed by atoms with Crippen LogP contribution in [0, 0.1) is 0 Å². The van der Waals surface area contributed by atoms with Gasteiger partial charge in [-0.05, 0) is 23.1 Å². The Morgan fingerprint density at radius 2 is 2.06 bits per heavy atom. The number of fused-ring (bicyclic) bond motifs is 1. The van der Waals surface area contributed by atoms with Crippen molar-refractivity contribution in [3.05, 3.63) is 42.0 Å². The van der Waals surface area contributed by atoms with Crippen LogP contribution in [0.1, 0.15) is 18.4 Å². The van der Waals surface area contributed by atoms with E-state index in [2.05, 4.69) is 24.3 Å². The average Bonchev–Trinajstić information content (AvgIpc) is 2.36. The van der Waals surface area contributed by atoms with Crippen LogP contribution >= 0.6 is 0 Å². The predicted molar refractivity (Wildman–Crippen MR) is 66.0 cm³/mol. The zero-order chi connectivity index (χ0) is 11.5. The molecule has 0 bridgehead atoms. The van der Waals surface area contributed by atoms with Crippen LogP contribution in [0.2, 0.25) is 0 Å². The largest absolute Gasteiger partial charge is 0.496 e. The summed E-state index contributed by atoms with van der Waals surface area (Å²) in [5.41, 5.74) is 1.14. The van der Waals surface area contributed by atoms with Gasteiger partial charge in [0.05, 0.1) is 7.11 Å². The van der Waals surface area contributed by atoms with E-state index in [-0.39, 0.29) is 12.5 Å². The van der Waals surface area contributed by atoms with Crippen LogP contribution in [0.5, 0.6) is 5.75 Å². The third-order valence-electron chi connectivity index (χ3n) is 2.93. The van der Waals surface area contributed by atoms with Crippen LogP contribution in [0.15, 0.2) is 36.4 Å². The van der Waals surface area contributed by atoms with Crippen LogP contribution < -0.4 is 4.74 Å². The van der Waals surface area contributed by atoms with Crippen LogP contribution in [0.4, 0.5) is 0 Å². The van der Waals surface area contributed by atoms with E-state index < -0.39 is 0 Å². The lowest BCUT2D eigenvalue weighted by Gasteiger charge is -2.11. The lowest BCUT2D eigenvalue weighted by molar-refractivity contribution is 0.273. The number of hydrogen-bond acceptors (Lipinski definition) is 2. The lowest BCUT2D eigenvalue weighted by atomic mass is 9.98. The van der Waals surface area contributed by atoms with Gasteiger partial charge in [-0.25, -0.2) is 0 Å². The molecule has 0 heterocycles. The maximum atomic E-state index is 9.16. The summed E-state index contributed by atoms with van der Waals surface area (Å²) in [6, 6.07) is 12.2. The summed E-state index contributed by atoms with van der Waals surface area (Å²) in [5, 5.41) is 11.4. The van der Waals surface area contributed by atoms with E-state index in [1.54, 1.807) is 7.11 Å². The molecule has 2 nitrogen and oxygen atoms in total. The summed E-state index contributed by atoms with van der Waals surface area (Å²) in [5.74, 6) is 1.04. The van der Waals surface area contributed by atoms with Gasteiger partial charge in [-0.3, -0.25) is 0 Å². The molecular formula is C14H16O2. The van der Waals surface area contributed by atoms with E-state index in [4.69, 9.17) is 9.84 Å². The molecule has 2 aromatic rings. The van der Waals surface area contributed by atoms with Crippen molar-refractivity contribution in [3.63, 3.8) is 0 Å². The minimum atomic E-state index is 0.161. The highest BCUT2D eigenvalue weighted by Crippen LogP contribution is 2.28. The Kier molecular flexibility index (Phi) is 3.11. The van der Waals surface area contributed by atoms with Crippen LogP contribution in [-0.4, -0.2) is 18.8 Å². The van der Waals surface area contributed by atoms with Crippen molar-refractivity contribution in [3.8, 4) is 5.75 Å². The van der Waals surface area contributed by atoms with Crippen molar-refractivity contribution in [1.29, 1.82) is 0 Å². The fourth-order valence-electron chi connectivity index (χ4n) is 1.85. The lowest BCUT2D eigenvalue weighted by Crippen LogP contribution is -1.98. The Morgan fingerprint density at radius 1 is 1.25 bits per heavy atom. The predicted octanol–water partition coefficient (Wildman–Crippen LogP) is 2.94. The van der Waals surface area contributed by atoms with Gasteiger partial charge in [-0.2, -0.15) is 0 Å². The highest BCUT2D eigenvalue weighted by atomic mass is 16.5. The first-order valence-electron chi connectivity index (χ1n) is 5.43. The van der Waals surface area contributed by atoms with E-state index in [0.717, 1.165) is 22.1 Å². The van der Waals surface area contributed by atoms with Crippen molar-refractivity contribution in [2.45, 2.75) is 12.8 Å². The molecule has 2 heteroatoms. The Hall–Kier alpha value is -1.54. The third-order valence-corrected chi connectivity index (χ3v) is 2.93. The second-order valence-corrected chi connectivity index (χ2v) is 4.02. The fraction of sp³-hybridized carbons (Fsp3) is 0.286. The number of methoxy groups -OCH3 is 1. The molecule has 1 atom stereocenters. The van der Waals surface area contributed by atoms with Crippen molar-refractivity contribution in [2.24, 2.45) is 0 Å². The Labute approximate surface area is 95.5 Å². The molecule has 1 N–H and O–H groups in total. The molecule has 0 aliphatic carbocycles. The van der Waals surface area contributed by atoms with E-state index in [1.807, 2.05) is 19.1 Å². The van der Waals surface area contributed by atoms with E-state index >= 15 is 0 Å². The molecule has 0 radical (unpaired) electrons. The van der Waals surface area contributed by atoms with E-state index in [0.29, 0.717) is 0 Å². The van der Waals surface area contributed by atoms with E-state index in [9.17, 15) is 0 Å². The summed E-state index contributed by atoms with van der Waals surface area (Å²) in [4.78, 5) is 0. The van der Waals surface area contributed by atoms with Gasteiger partial charge in [0.25, 0.3) is 0 Å². The molecule has 0 saturated heterocycles. The molecule has 0 aromatic heterocycles. The Morgan fingerprint density at radius 3 is 2.75 bits per heavy atom. The molecular weight excluding hydrogens is 200 g/mol. The topological polar surface area (TPSA) is 29.5 Å². The quantitative estimate of drug-likeness (QED) is 0.854. The standard InChI is InChI=1S/C14H16O2/c1-10(9-15)12-7-6-11-4-3-5-14(16-2)13(11)8-12/h3-8,10,15H,9H2,1-2H3. The Balaban J connectivity index is 2.59. The number of hydrogen-bond donors (Lipinski definition) is 1. The zero-order valence-electron chi connectivity index (χ0n) is 9.60. The molecule has 0 amide bonds. The van der Waals surface area contributed by atoms with Crippen molar-refractivity contribution >= 4 is 10.8 Å². The van der Waals surface area contributed by atoms with E-state index in [1.165, 1.54) is 0 Å². The normalized spacial score (nSPS) is 12.7. The van der Waals surface area contributed by atoms with Gasteiger partial charge in [0.1, 0.15) is 5.75 Å². The fourth-order valence-corrected chi connectivity index (χ4v) is 1.85. The summed E-state index contributed by atoms with van der Waals surface area (Å²) in [7, 11) is 1.68. The first-order valence-corrected chi connectivity index (χ1v) is 5.43.